The number of hydrogen-bond acceptors (Lipinski definition) is 4. The molecular formula is C16H14N2O3S2. The molecule has 1 amide bonds. The van der Waals surface area contributed by atoms with Crippen LogP contribution in [-0.2, 0) is 16.6 Å². The monoisotopic (exact) mass is 346 g/mol. The molecule has 0 aliphatic carbocycles. The summed E-state index contributed by atoms with van der Waals surface area (Å²) in [5.74, 6) is -1.17. The molecule has 23 heavy (non-hydrogen) atoms. The molecule has 1 aromatic heterocycles. The summed E-state index contributed by atoms with van der Waals surface area (Å²) in [7, 11) is 1.96. The van der Waals surface area contributed by atoms with Crippen LogP contribution >= 0.6 is 24.0 Å². The summed E-state index contributed by atoms with van der Waals surface area (Å²) in [5, 5.41) is 9.82. The smallest absolute Gasteiger partial charge is 0.305 e. The third-order valence-electron chi connectivity index (χ3n) is 3.64. The van der Waals surface area contributed by atoms with E-state index >= 15 is 0 Å². The van der Waals surface area contributed by atoms with Gasteiger partial charge in [-0.05, 0) is 12.1 Å². The van der Waals surface area contributed by atoms with E-state index in [-0.39, 0.29) is 18.9 Å². The van der Waals surface area contributed by atoms with Gasteiger partial charge in [0.15, 0.2) is 0 Å². The van der Waals surface area contributed by atoms with Crippen molar-refractivity contribution < 1.29 is 14.7 Å². The first-order chi connectivity index (χ1) is 11.0. The van der Waals surface area contributed by atoms with Gasteiger partial charge < -0.3 is 9.67 Å². The number of rotatable bonds is 4. The van der Waals surface area contributed by atoms with Crippen LogP contribution in [0.4, 0.5) is 0 Å². The number of nitrogens with zero attached hydrogens (tertiary/aromatic N) is 2. The van der Waals surface area contributed by atoms with Gasteiger partial charge in [-0.25, -0.2) is 0 Å². The van der Waals surface area contributed by atoms with Crippen LogP contribution in [0, 0.1) is 0 Å². The summed E-state index contributed by atoms with van der Waals surface area (Å²) >= 11 is 6.41. The lowest BCUT2D eigenvalue weighted by Gasteiger charge is -2.12. The second-order valence-corrected chi connectivity index (χ2v) is 6.87. The van der Waals surface area contributed by atoms with Gasteiger partial charge in [-0.2, -0.15) is 0 Å². The lowest BCUT2D eigenvalue weighted by atomic mass is 10.1. The number of carbonyl (C=O) groups is 2. The molecule has 2 aromatic rings. The highest BCUT2D eigenvalue weighted by molar-refractivity contribution is 8.26. The van der Waals surface area contributed by atoms with Gasteiger partial charge in [0.2, 0.25) is 0 Å². The van der Waals surface area contributed by atoms with Crippen molar-refractivity contribution in [2.24, 2.45) is 7.05 Å². The molecule has 0 bridgehead atoms. The van der Waals surface area contributed by atoms with Crippen molar-refractivity contribution in [3.05, 3.63) is 40.9 Å². The van der Waals surface area contributed by atoms with E-state index < -0.39 is 5.97 Å². The Bertz CT molecular complexity index is 854. The predicted octanol–water partition coefficient (Wildman–Crippen LogP) is 2.85. The van der Waals surface area contributed by atoms with Crippen LogP contribution in [0.25, 0.3) is 17.0 Å². The predicted molar refractivity (Wildman–Crippen MR) is 95.1 cm³/mol. The Morgan fingerprint density at radius 2 is 2.13 bits per heavy atom. The second-order valence-electron chi connectivity index (χ2n) is 5.19. The van der Waals surface area contributed by atoms with Gasteiger partial charge in [-0.15, -0.1) is 0 Å². The van der Waals surface area contributed by atoms with Crippen LogP contribution < -0.4 is 0 Å². The van der Waals surface area contributed by atoms with Crippen molar-refractivity contribution in [2.45, 2.75) is 6.42 Å². The fourth-order valence-electron chi connectivity index (χ4n) is 2.53. The number of carboxylic acids is 1. The summed E-state index contributed by atoms with van der Waals surface area (Å²) in [4.78, 5) is 25.0. The van der Waals surface area contributed by atoms with Gasteiger partial charge in [-0.3, -0.25) is 14.5 Å². The number of thioether (sulfide) groups is 1. The minimum Gasteiger partial charge on any atom is -0.481 e. The zero-order valence-electron chi connectivity index (χ0n) is 12.4. The number of benzene rings is 1. The molecule has 0 atom stereocenters. The number of hydrogen-bond donors (Lipinski definition) is 1. The summed E-state index contributed by atoms with van der Waals surface area (Å²) in [5.41, 5.74) is 2.03. The second kappa shape index (κ2) is 6.17. The molecule has 118 valence electrons. The van der Waals surface area contributed by atoms with Crippen molar-refractivity contribution >= 4 is 57.2 Å². The average molecular weight is 346 g/mol. The molecule has 1 aromatic carbocycles. The summed E-state index contributed by atoms with van der Waals surface area (Å²) in [6.45, 7) is 0.104. The van der Waals surface area contributed by atoms with Crippen molar-refractivity contribution in [1.82, 2.24) is 9.47 Å². The van der Waals surface area contributed by atoms with Gasteiger partial charge in [-0.1, -0.05) is 42.2 Å². The van der Waals surface area contributed by atoms with Gasteiger partial charge in [0, 0.05) is 36.3 Å². The molecule has 0 unspecified atom stereocenters. The normalized spacial score (nSPS) is 16.7. The Hall–Kier alpha value is -2.12. The maximum Gasteiger partial charge on any atom is 0.305 e. The van der Waals surface area contributed by atoms with E-state index in [4.69, 9.17) is 17.3 Å². The number of para-hydroxylation sites is 1. The minimum atomic E-state index is -0.947. The molecule has 0 radical (unpaired) electrons. The molecule has 0 saturated carbocycles. The molecule has 1 aliphatic heterocycles. The third kappa shape index (κ3) is 3.02. The molecule has 1 fully saturated rings. The van der Waals surface area contributed by atoms with Crippen molar-refractivity contribution in [1.29, 1.82) is 0 Å². The molecule has 1 aliphatic rings. The van der Waals surface area contributed by atoms with Crippen molar-refractivity contribution in [3.63, 3.8) is 0 Å². The highest BCUT2D eigenvalue weighted by atomic mass is 32.2. The van der Waals surface area contributed by atoms with Crippen LogP contribution in [0.3, 0.4) is 0 Å². The van der Waals surface area contributed by atoms with Crippen LogP contribution in [0.2, 0.25) is 0 Å². The first kappa shape index (κ1) is 15.8. The van der Waals surface area contributed by atoms with E-state index in [1.54, 1.807) is 0 Å². The first-order valence-corrected chi connectivity index (χ1v) is 8.21. The van der Waals surface area contributed by atoms with Gasteiger partial charge in [0.25, 0.3) is 5.91 Å². The first-order valence-electron chi connectivity index (χ1n) is 6.98. The molecular weight excluding hydrogens is 332 g/mol. The quantitative estimate of drug-likeness (QED) is 0.681. The Morgan fingerprint density at radius 3 is 2.87 bits per heavy atom. The maximum atomic E-state index is 12.4. The molecule has 7 heteroatoms. The molecule has 0 spiro atoms. The lowest BCUT2D eigenvalue weighted by molar-refractivity contribution is -0.137. The highest BCUT2D eigenvalue weighted by Crippen LogP contribution is 2.34. The van der Waals surface area contributed by atoms with Crippen LogP contribution in [-0.4, -0.2) is 37.3 Å². The van der Waals surface area contributed by atoms with Crippen molar-refractivity contribution in [2.75, 3.05) is 6.54 Å². The van der Waals surface area contributed by atoms with Gasteiger partial charge >= 0.3 is 5.97 Å². The van der Waals surface area contributed by atoms with Crippen LogP contribution in [0.15, 0.2) is 35.4 Å². The Balaban J connectivity index is 1.92. The summed E-state index contributed by atoms with van der Waals surface area (Å²) in [6, 6.07) is 7.95. The number of aromatic nitrogens is 1. The topological polar surface area (TPSA) is 62.5 Å². The standard InChI is InChI=1S/C16H14N2O3S2/c1-17-9-10(11-4-2-3-5-12(11)17)8-13-15(21)18(16(22)23-13)7-6-14(19)20/h2-5,8-9H,6-7H2,1H3,(H,19,20)/b13-8-. The van der Waals surface area contributed by atoms with Crippen LogP contribution in [0.1, 0.15) is 12.0 Å². The summed E-state index contributed by atoms with van der Waals surface area (Å²) < 4.78 is 2.41. The Labute approximate surface area is 142 Å². The van der Waals surface area contributed by atoms with E-state index in [2.05, 4.69) is 0 Å². The molecule has 2 heterocycles. The molecule has 3 rings (SSSR count). The molecule has 1 N–H and O–H groups in total. The minimum absolute atomic E-state index is 0.104. The Kier molecular flexibility index (Phi) is 4.23. The van der Waals surface area contributed by atoms with E-state index in [0.717, 1.165) is 16.5 Å². The van der Waals surface area contributed by atoms with E-state index in [9.17, 15) is 9.59 Å². The number of amides is 1. The fourth-order valence-corrected chi connectivity index (χ4v) is 3.83. The van der Waals surface area contributed by atoms with Crippen LogP contribution in [0.5, 0.6) is 0 Å². The SMILES string of the molecule is Cn1cc(/C=C2\SC(=S)N(CCC(=O)O)C2=O)c2ccccc21. The maximum absolute atomic E-state index is 12.4. The van der Waals surface area contributed by atoms with E-state index in [1.807, 2.05) is 48.2 Å². The van der Waals surface area contributed by atoms with Gasteiger partial charge in [0.1, 0.15) is 4.32 Å². The molecule has 1 saturated heterocycles. The largest absolute Gasteiger partial charge is 0.481 e. The molecule has 5 nitrogen and oxygen atoms in total. The number of carbonyl (C=O) groups excluding carboxylic acids is 1. The van der Waals surface area contributed by atoms with E-state index in [0.29, 0.717) is 9.23 Å². The van der Waals surface area contributed by atoms with E-state index in [1.165, 1.54) is 16.7 Å². The Morgan fingerprint density at radius 1 is 1.39 bits per heavy atom. The number of carboxylic acid groups (broad SMARTS) is 1. The lowest BCUT2D eigenvalue weighted by Crippen LogP contribution is -2.30. The summed E-state index contributed by atoms with van der Waals surface area (Å²) in [6.07, 6.45) is 3.67. The zero-order chi connectivity index (χ0) is 16.6. The number of aryl methyl sites for hydroxylation is 1. The third-order valence-corrected chi connectivity index (χ3v) is 5.02. The number of aliphatic carboxylic acids is 1. The zero-order valence-corrected chi connectivity index (χ0v) is 14.0. The fraction of sp³-hybridized carbons (Fsp3) is 0.188. The average Bonchev–Trinajstić information content (AvgIpc) is 2.96. The van der Waals surface area contributed by atoms with Crippen molar-refractivity contribution in [3.8, 4) is 0 Å². The van der Waals surface area contributed by atoms with Gasteiger partial charge in [0.05, 0.1) is 11.3 Å². The number of thiocarbonyl (C=S) groups is 1. The highest BCUT2D eigenvalue weighted by Gasteiger charge is 2.32. The number of fused-ring (bicyclic) bond motifs is 1.